The van der Waals surface area contributed by atoms with Crippen LogP contribution in [0.4, 0.5) is 0 Å². The van der Waals surface area contributed by atoms with E-state index in [0.29, 0.717) is 41.7 Å². The molecular formula is C24H25N3O3S. The smallest absolute Gasteiger partial charge is 0.226 e. The van der Waals surface area contributed by atoms with Crippen molar-refractivity contribution >= 4 is 31.5 Å². The minimum atomic E-state index is -3.88. The highest BCUT2D eigenvalue weighted by Crippen LogP contribution is 2.35. The van der Waals surface area contributed by atoms with E-state index < -0.39 is 9.84 Å². The highest BCUT2D eigenvalue weighted by Gasteiger charge is 2.28. The van der Waals surface area contributed by atoms with Crippen LogP contribution < -0.4 is 10.5 Å². The molecule has 6 nitrogen and oxygen atoms in total. The third-order valence-electron chi connectivity index (χ3n) is 5.26. The first-order chi connectivity index (χ1) is 15.0. The molecule has 2 N–H and O–H groups in total. The molecule has 0 fully saturated rings. The number of aromatic nitrogens is 2. The summed E-state index contributed by atoms with van der Waals surface area (Å²) in [6.45, 7) is 5.08. The second-order valence-corrected chi connectivity index (χ2v) is 9.20. The highest BCUT2D eigenvalue weighted by molar-refractivity contribution is 7.91. The molecule has 0 amide bonds. The molecule has 0 aliphatic rings. The topological polar surface area (TPSA) is 87.2 Å². The van der Waals surface area contributed by atoms with Gasteiger partial charge in [0.05, 0.1) is 11.4 Å². The molecule has 0 bridgehead atoms. The van der Waals surface area contributed by atoms with Crippen LogP contribution in [-0.2, 0) is 16.4 Å². The zero-order valence-electron chi connectivity index (χ0n) is 17.6. The first kappa shape index (κ1) is 21.1. The number of sulfone groups is 1. The number of hydrogen-bond acceptors (Lipinski definition) is 5. The molecule has 1 aromatic heterocycles. The van der Waals surface area contributed by atoms with Gasteiger partial charge in [0.2, 0.25) is 9.84 Å². The van der Waals surface area contributed by atoms with E-state index in [1.807, 2.05) is 56.3 Å². The molecule has 31 heavy (non-hydrogen) atoms. The van der Waals surface area contributed by atoms with E-state index in [4.69, 9.17) is 10.5 Å². The number of para-hydroxylation sites is 1. The Hall–Kier alpha value is -3.16. The van der Waals surface area contributed by atoms with Gasteiger partial charge in [-0.2, -0.15) is 5.10 Å². The summed E-state index contributed by atoms with van der Waals surface area (Å²) in [6.07, 6.45) is 1.98. The van der Waals surface area contributed by atoms with Crippen LogP contribution in [0.25, 0.3) is 21.7 Å². The summed E-state index contributed by atoms with van der Waals surface area (Å²) in [5.41, 5.74) is 7.32. The van der Waals surface area contributed by atoms with Crippen molar-refractivity contribution in [2.75, 3.05) is 13.2 Å². The largest absolute Gasteiger partial charge is 0.490 e. The number of allylic oxidation sites excluding steroid dienone is 2. The fraction of sp³-hybridized carbons (Fsp3) is 0.208. The predicted molar refractivity (Wildman–Crippen MR) is 123 cm³/mol. The first-order valence-electron chi connectivity index (χ1n) is 10.1. The number of nitrogens with two attached hydrogens (primary N) is 1. The van der Waals surface area contributed by atoms with Gasteiger partial charge in [-0.15, -0.1) is 0 Å². The van der Waals surface area contributed by atoms with Crippen LogP contribution in [0.2, 0.25) is 0 Å². The van der Waals surface area contributed by atoms with Crippen LogP contribution >= 0.6 is 0 Å². The third-order valence-corrected chi connectivity index (χ3v) is 7.01. The number of benzene rings is 3. The average molecular weight is 436 g/mol. The predicted octanol–water partition coefficient (Wildman–Crippen LogP) is 4.33. The van der Waals surface area contributed by atoms with Gasteiger partial charge in [-0.3, -0.25) is 4.68 Å². The van der Waals surface area contributed by atoms with E-state index in [0.717, 1.165) is 11.0 Å². The van der Waals surface area contributed by atoms with Gasteiger partial charge in [-0.1, -0.05) is 54.1 Å². The van der Waals surface area contributed by atoms with E-state index in [9.17, 15) is 8.42 Å². The van der Waals surface area contributed by atoms with E-state index in [2.05, 4.69) is 5.10 Å². The Labute approximate surface area is 181 Å². The van der Waals surface area contributed by atoms with Crippen LogP contribution in [0.3, 0.4) is 0 Å². The van der Waals surface area contributed by atoms with Gasteiger partial charge in [-0.25, -0.2) is 8.42 Å². The number of fused-ring (bicyclic) bond motifs is 2. The summed E-state index contributed by atoms with van der Waals surface area (Å²) in [4.78, 5) is 0.244. The lowest BCUT2D eigenvalue weighted by Crippen LogP contribution is -2.11. The van der Waals surface area contributed by atoms with Gasteiger partial charge in [0, 0.05) is 17.3 Å². The maximum atomic E-state index is 13.8. The molecule has 0 saturated heterocycles. The number of ether oxygens (including phenoxy) is 1. The standard InChI is InChI=1S/C24H25N3O3S/c1-3-17(2)16-27-23-20(11-7-12-21(23)30-15-14-25)24(26-27)31(28,29)22-13-6-9-18-8-4-5-10-19(18)22/h3-13H,14-16,25H2,1-2H3/b17-3+. The van der Waals surface area contributed by atoms with Gasteiger partial charge >= 0.3 is 0 Å². The van der Waals surface area contributed by atoms with E-state index in [1.165, 1.54) is 0 Å². The molecular weight excluding hydrogens is 410 g/mol. The van der Waals surface area contributed by atoms with Gasteiger partial charge in [0.15, 0.2) is 5.03 Å². The normalized spacial score (nSPS) is 12.5. The first-order valence-corrected chi connectivity index (χ1v) is 11.6. The minimum absolute atomic E-state index is 0.0287. The summed E-state index contributed by atoms with van der Waals surface area (Å²) in [5.74, 6) is 0.568. The van der Waals surface area contributed by atoms with Gasteiger partial charge < -0.3 is 10.5 Å². The molecule has 3 aromatic carbocycles. The SMILES string of the molecule is C/C=C(\C)Cn1nc(S(=O)(=O)c2cccc3ccccc23)c2cccc(OCCN)c21. The van der Waals surface area contributed by atoms with Crippen LogP contribution in [-0.4, -0.2) is 31.3 Å². The average Bonchev–Trinajstić information content (AvgIpc) is 3.17. The molecule has 0 atom stereocenters. The summed E-state index contributed by atoms with van der Waals surface area (Å²) < 4.78 is 35.1. The van der Waals surface area contributed by atoms with Crippen molar-refractivity contribution in [3.8, 4) is 5.75 Å². The lowest BCUT2D eigenvalue weighted by atomic mass is 10.1. The zero-order chi connectivity index (χ0) is 22.0. The molecule has 4 rings (SSSR count). The Kier molecular flexibility index (Phi) is 5.80. The van der Waals surface area contributed by atoms with Crippen molar-refractivity contribution in [2.45, 2.75) is 30.3 Å². The fourth-order valence-electron chi connectivity index (χ4n) is 3.63. The summed E-state index contributed by atoms with van der Waals surface area (Å²) in [6, 6.07) is 18.1. The molecule has 160 valence electrons. The molecule has 0 aliphatic carbocycles. The molecule has 0 aliphatic heterocycles. The lowest BCUT2D eigenvalue weighted by Gasteiger charge is -2.09. The van der Waals surface area contributed by atoms with Crippen molar-refractivity contribution in [1.82, 2.24) is 9.78 Å². The molecule has 0 unspecified atom stereocenters. The Bertz CT molecular complexity index is 1380. The Morgan fingerprint density at radius 1 is 1.06 bits per heavy atom. The van der Waals surface area contributed by atoms with Crippen LogP contribution in [0.15, 0.2) is 82.2 Å². The van der Waals surface area contributed by atoms with Gasteiger partial charge in [0.1, 0.15) is 17.9 Å². The molecule has 4 aromatic rings. The van der Waals surface area contributed by atoms with Gasteiger partial charge in [-0.05, 0) is 37.4 Å². The third kappa shape index (κ3) is 3.82. The molecule has 7 heteroatoms. The molecule has 0 spiro atoms. The van der Waals surface area contributed by atoms with Crippen LogP contribution in [0, 0.1) is 0 Å². The zero-order valence-corrected chi connectivity index (χ0v) is 18.4. The lowest BCUT2D eigenvalue weighted by molar-refractivity contribution is 0.330. The van der Waals surface area contributed by atoms with Crippen molar-refractivity contribution < 1.29 is 13.2 Å². The van der Waals surface area contributed by atoms with Crippen molar-refractivity contribution in [3.63, 3.8) is 0 Å². The van der Waals surface area contributed by atoms with Crippen LogP contribution in [0.1, 0.15) is 13.8 Å². The highest BCUT2D eigenvalue weighted by atomic mass is 32.2. The molecule has 1 heterocycles. The quantitative estimate of drug-likeness (QED) is 0.437. The minimum Gasteiger partial charge on any atom is -0.490 e. The number of rotatable bonds is 7. The maximum absolute atomic E-state index is 13.8. The second kappa shape index (κ2) is 8.53. The van der Waals surface area contributed by atoms with E-state index in [1.54, 1.807) is 28.9 Å². The Balaban J connectivity index is 1.99. The van der Waals surface area contributed by atoms with E-state index in [-0.39, 0.29) is 9.92 Å². The monoisotopic (exact) mass is 435 g/mol. The second-order valence-electron chi connectivity index (χ2n) is 7.37. The fourth-order valence-corrected chi connectivity index (χ4v) is 5.24. The van der Waals surface area contributed by atoms with Crippen LogP contribution in [0.5, 0.6) is 5.75 Å². The summed E-state index contributed by atoms with van der Waals surface area (Å²) in [5, 5.41) is 6.68. The maximum Gasteiger partial charge on any atom is 0.226 e. The number of nitrogens with zero attached hydrogens (tertiary/aromatic N) is 2. The molecule has 0 saturated carbocycles. The summed E-state index contributed by atoms with van der Waals surface area (Å²) >= 11 is 0. The van der Waals surface area contributed by atoms with E-state index >= 15 is 0 Å². The molecule has 0 radical (unpaired) electrons. The Morgan fingerprint density at radius 2 is 1.77 bits per heavy atom. The van der Waals surface area contributed by atoms with Crippen molar-refractivity contribution in [2.24, 2.45) is 5.73 Å². The Morgan fingerprint density at radius 3 is 2.55 bits per heavy atom. The van der Waals surface area contributed by atoms with Gasteiger partial charge in [0.25, 0.3) is 0 Å². The van der Waals surface area contributed by atoms with Crippen molar-refractivity contribution in [1.29, 1.82) is 0 Å². The van der Waals surface area contributed by atoms with Crippen molar-refractivity contribution in [3.05, 3.63) is 72.3 Å². The number of hydrogen-bond donors (Lipinski definition) is 1. The summed E-state index contributed by atoms with van der Waals surface area (Å²) in [7, 11) is -3.88.